The van der Waals surface area contributed by atoms with Crippen molar-refractivity contribution in [2.24, 2.45) is 0 Å². The normalized spacial score (nSPS) is 15.5. The van der Waals surface area contributed by atoms with Crippen LogP contribution in [0.15, 0.2) is 52.2 Å². The van der Waals surface area contributed by atoms with Crippen LogP contribution in [0, 0.1) is 0 Å². The number of thioether (sulfide) groups is 1. The molecule has 8 heteroatoms. The van der Waals surface area contributed by atoms with Gasteiger partial charge in [0.1, 0.15) is 0 Å². The first-order valence-corrected chi connectivity index (χ1v) is 9.85. The maximum atomic E-state index is 13.0. The number of hydrogen-bond donors (Lipinski definition) is 0. The molecule has 0 fully saturated rings. The van der Waals surface area contributed by atoms with Gasteiger partial charge in [-0.1, -0.05) is 36.9 Å². The Labute approximate surface area is 160 Å². The van der Waals surface area contributed by atoms with E-state index in [0.717, 1.165) is 12.0 Å². The Kier molecular flexibility index (Phi) is 4.81. The van der Waals surface area contributed by atoms with Crippen molar-refractivity contribution >= 4 is 23.4 Å². The van der Waals surface area contributed by atoms with Gasteiger partial charge in [-0.2, -0.15) is 4.98 Å². The molecule has 0 bridgehead atoms. The number of aromatic nitrogens is 3. The van der Waals surface area contributed by atoms with Crippen LogP contribution in [0.2, 0.25) is 0 Å². The Morgan fingerprint density at radius 3 is 2.81 bits per heavy atom. The molecule has 0 N–H and O–H groups in total. The predicted octanol–water partition coefficient (Wildman–Crippen LogP) is 4.08. The van der Waals surface area contributed by atoms with Crippen molar-refractivity contribution in [3.05, 3.63) is 48.4 Å². The fourth-order valence-corrected chi connectivity index (χ4v) is 3.32. The topological polar surface area (TPSA) is 81.4 Å². The fraction of sp³-hybridized carbons (Fsp3) is 0.263. The molecule has 1 aromatic carbocycles. The summed E-state index contributed by atoms with van der Waals surface area (Å²) in [4.78, 5) is 19.1. The van der Waals surface area contributed by atoms with Gasteiger partial charge >= 0.3 is 0 Å². The van der Waals surface area contributed by atoms with Crippen molar-refractivity contribution in [3.63, 3.8) is 0 Å². The van der Waals surface area contributed by atoms with Gasteiger partial charge in [0, 0.05) is 12.0 Å². The maximum absolute atomic E-state index is 13.0. The van der Waals surface area contributed by atoms with E-state index >= 15 is 0 Å². The summed E-state index contributed by atoms with van der Waals surface area (Å²) < 4.78 is 11.8. The highest BCUT2D eigenvalue weighted by molar-refractivity contribution is 7.98. The predicted molar refractivity (Wildman–Crippen MR) is 102 cm³/mol. The lowest BCUT2D eigenvalue weighted by Gasteiger charge is -2.29. The molecule has 4 rings (SSSR count). The molecule has 138 valence electrons. The molecule has 0 unspecified atom stereocenters. The standard InChI is InChI=1S/C19H18N4O3S/c1-3-7-15(24)23-13-9-5-4-8-12(13)16-17(20-19(27-2)22-21-16)26-18(23)14-10-6-11-25-14/h4-6,8-11,18H,3,7H2,1-2H3/t18-/m0/s1. The van der Waals surface area contributed by atoms with Crippen LogP contribution in [-0.2, 0) is 4.79 Å². The maximum Gasteiger partial charge on any atom is 0.247 e. The minimum Gasteiger partial charge on any atom is -0.463 e. The number of furan rings is 1. The van der Waals surface area contributed by atoms with Crippen LogP contribution < -0.4 is 9.64 Å². The number of hydrogen-bond acceptors (Lipinski definition) is 7. The minimum absolute atomic E-state index is 0.0581. The third-order valence-electron chi connectivity index (χ3n) is 4.21. The van der Waals surface area contributed by atoms with E-state index in [4.69, 9.17) is 9.15 Å². The molecule has 0 saturated carbocycles. The summed E-state index contributed by atoms with van der Waals surface area (Å²) in [7, 11) is 0. The van der Waals surface area contributed by atoms with E-state index in [1.54, 1.807) is 23.3 Å². The molecular weight excluding hydrogens is 364 g/mol. The monoisotopic (exact) mass is 382 g/mol. The van der Waals surface area contributed by atoms with Crippen molar-refractivity contribution in [1.29, 1.82) is 0 Å². The van der Waals surface area contributed by atoms with Crippen molar-refractivity contribution in [3.8, 4) is 17.1 Å². The molecule has 3 heterocycles. The van der Waals surface area contributed by atoms with E-state index in [1.165, 1.54) is 11.8 Å². The van der Waals surface area contributed by atoms with Crippen molar-refractivity contribution < 1.29 is 13.9 Å². The molecule has 2 aromatic heterocycles. The second-order valence-corrected chi connectivity index (χ2v) is 6.74. The van der Waals surface area contributed by atoms with Crippen LogP contribution >= 0.6 is 11.8 Å². The molecule has 1 aliphatic heterocycles. The van der Waals surface area contributed by atoms with Crippen LogP contribution in [0.3, 0.4) is 0 Å². The van der Waals surface area contributed by atoms with Gasteiger partial charge in [0.2, 0.25) is 23.2 Å². The summed E-state index contributed by atoms with van der Waals surface area (Å²) in [6.45, 7) is 1.97. The van der Waals surface area contributed by atoms with E-state index in [-0.39, 0.29) is 5.91 Å². The smallest absolute Gasteiger partial charge is 0.247 e. The van der Waals surface area contributed by atoms with E-state index in [2.05, 4.69) is 15.2 Å². The Morgan fingerprint density at radius 2 is 2.07 bits per heavy atom. The molecule has 7 nitrogen and oxygen atoms in total. The first kappa shape index (κ1) is 17.5. The van der Waals surface area contributed by atoms with E-state index in [1.807, 2.05) is 37.4 Å². The second kappa shape index (κ2) is 7.40. The minimum atomic E-state index is -0.771. The van der Waals surface area contributed by atoms with Crippen molar-refractivity contribution in [1.82, 2.24) is 15.2 Å². The lowest BCUT2D eigenvalue weighted by molar-refractivity contribution is -0.120. The Bertz CT molecular complexity index is 961. The van der Waals surface area contributed by atoms with Gasteiger partial charge in [0.25, 0.3) is 0 Å². The molecule has 0 aliphatic carbocycles. The van der Waals surface area contributed by atoms with E-state index < -0.39 is 6.23 Å². The summed E-state index contributed by atoms with van der Waals surface area (Å²) in [6.07, 6.45) is 3.78. The van der Waals surface area contributed by atoms with Gasteiger partial charge < -0.3 is 9.15 Å². The zero-order valence-corrected chi connectivity index (χ0v) is 15.8. The number of benzene rings is 1. The van der Waals surface area contributed by atoms with Gasteiger partial charge in [0.05, 0.1) is 12.0 Å². The molecular formula is C19H18N4O3S. The number of carbonyl (C=O) groups is 1. The van der Waals surface area contributed by atoms with Gasteiger partial charge in [-0.3, -0.25) is 9.69 Å². The van der Waals surface area contributed by atoms with Crippen LogP contribution in [0.1, 0.15) is 31.8 Å². The highest BCUT2D eigenvalue weighted by Gasteiger charge is 2.36. The zero-order chi connectivity index (χ0) is 18.8. The van der Waals surface area contributed by atoms with Crippen LogP contribution in [-0.4, -0.2) is 27.3 Å². The van der Waals surface area contributed by atoms with Crippen LogP contribution in [0.25, 0.3) is 11.3 Å². The average molecular weight is 382 g/mol. The average Bonchev–Trinajstić information content (AvgIpc) is 3.18. The summed E-state index contributed by atoms with van der Waals surface area (Å²) in [5.74, 6) is 0.790. The highest BCUT2D eigenvalue weighted by Crippen LogP contribution is 2.43. The Balaban J connectivity index is 1.95. The molecule has 0 radical (unpaired) electrons. The molecule has 0 saturated heterocycles. The largest absolute Gasteiger partial charge is 0.463 e. The summed E-state index contributed by atoms with van der Waals surface area (Å²) >= 11 is 1.37. The third kappa shape index (κ3) is 3.16. The quantitative estimate of drug-likeness (QED) is 0.629. The summed E-state index contributed by atoms with van der Waals surface area (Å²) in [5.41, 5.74) is 1.95. The number of nitrogens with zero attached hydrogens (tertiary/aromatic N) is 4. The summed E-state index contributed by atoms with van der Waals surface area (Å²) in [5, 5.41) is 8.96. The first-order valence-electron chi connectivity index (χ1n) is 8.63. The molecule has 27 heavy (non-hydrogen) atoms. The number of rotatable bonds is 4. The molecule has 1 aliphatic rings. The lowest BCUT2D eigenvalue weighted by Crippen LogP contribution is -2.37. The Morgan fingerprint density at radius 1 is 1.22 bits per heavy atom. The van der Waals surface area contributed by atoms with Crippen molar-refractivity contribution in [2.75, 3.05) is 11.2 Å². The number of fused-ring (bicyclic) bond motifs is 3. The van der Waals surface area contributed by atoms with Gasteiger partial charge in [-0.05, 0) is 30.9 Å². The van der Waals surface area contributed by atoms with Gasteiger partial charge in [0.15, 0.2) is 11.5 Å². The molecule has 0 spiro atoms. The van der Waals surface area contributed by atoms with E-state index in [9.17, 15) is 4.79 Å². The first-order chi connectivity index (χ1) is 13.2. The number of anilines is 1. The molecule has 1 atom stereocenters. The SMILES string of the molecule is CCCC(=O)N1c2ccccc2-c2nnc(SC)nc2O[C@H]1c1ccco1. The molecule has 3 aromatic rings. The van der Waals surface area contributed by atoms with Crippen molar-refractivity contribution in [2.45, 2.75) is 31.1 Å². The van der Waals surface area contributed by atoms with Gasteiger partial charge in [-0.15, -0.1) is 10.2 Å². The number of amides is 1. The molecule has 1 amide bonds. The zero-order valence-electron chi connectivity index (χ0n) is 15.0. The third-order valence-corrected chi connectivity index (χ3v) is 4.75. The fourth-order valence-electron chi connectivity index (χ4n) is 3.02. The van der Waals surface area contributed by atoms with E-state index in [0.29, 0.717) is 34.6 Å². The highest BCUT2D eigenvalue weighted by atomic mass is 32.2. The lowest BCUT2D eigenvalue weighted by atomic mass is 10.1. The van der Waals surface area contributed by atoms with Crippen LogP contribution in [0.4, 0.5) is 5.69 Å². The number of ether oxygens (including phenoxy) is 1. The number of carbonyl (C=O) groups excluding carboxylic acids is 1. The Hall–Kier alpha value is -2.87. The number of para-hydroxylation sites is 1. The second-order valence-electron chi connectivity index (χ2n) is 5.97. The summed E-state index contributed by atoms with van der Waals surface area (Å²) in [6, 6.07) is 11.1. The van der Waals surface area contributed by atoms with Crippen LogP contribution in [0.5, 0.6) is 5.88 Å². The van der Waals surface area contributed by atoms with Gasteiger partial charge in [-0.25, -0.2) is 0 Å².